The van der Waals surface area contributed by atoms with Gasteiger partial charge in [-0.2, -0.15) is 0 Å². The average Bonchev–Trinajstić information content (AvgIpc) is 2.42. The molecule has 0 saturated heterocycles. The van der Waals surface area contributed by atoms with E-state index in [1.807, 2.05) is 25.1 Å². The number of methoxy groups -OCH3 is 1. The lowest BCUT2D eigenvalue weighted by Gasteiger charge is -2.13. The Morgan fingerprint density at radius 2 is 2.00 bits per heavy atom. The largest absolute Gasteiger partial charge is 0.496 e. The zero-order valence-electron chi connectivity index (χ0n) is 11.2. The average molecular weight is 335 g/mol. The molecule has 0 aliphatic heterocycles. The maximum absolute atomic E-state index is 12.3. The van der Waals surface area contributed by atoms with Crippen molar-refractivity contribution in [1.29, 1.82) is 0 Å². The molecule has 1 amide bonds. The van der Waals surface area contributed by atoms with E-state index in [4.69, 9.17) is 10.5 Å². The molecule has 0 bridgehead atoms. The van der Waals surface area contributed by atoms with Crippen LogP contribution in [0, 0.1) is 6.92 Å². The first-order chi connectivity index (χ1) is 9.52. The molecule has 0 aliphatic rings. The Balaban J connectivity index is 2.33. The van der Waals surface area contributed by atoms with E-state index >= 15 is 0 Å². The van der Waals surface area contributed by atoms with E-state index in [0.29, 0.717) is 22.7 Å². The summed E-state index contributed by atoms with van der Waals surface area (Å²) in [6.45, 7) is 1.94. The molecule has 5 heteroatoms. The minimum atomic E-state index is -0.265. The van der Waals surface area contributed by atoms with Crippen LogP contribution < -0.4 is 15.8 Å². The first-order valence-electron chi connectivity index (χ1n) is 6.03. The van der Waals surface area contributed by atoms with Crippen LogP contribution in [0.4, 0.5) is 11.4 Å². The van der Waals surface area contributed by atoms with E-state index < -0.39 is 0 Å². The predicted molar refractivity (Wildman–Crippen MR) is 84.2 cm³/mol. The van der Waals surface area contributed by atoms with Gasteiger partial charge in [0.25, 0.3) is 5.91 Å². The van der Waals surface area contributed by atoms with Gasteiger partial charge < -0.3 is 15.8 Å². The van der Waals surface area contributed by atoms with Crippen LogP contribution in [-0.2, 0) is 0 Å². The lowest BCUT2D eigenvalue weighted by Crippen LogP contribution is -2.14. The fourth-order valence-corrected chi connectivity index (χ4v) is 2.60. The highest BCUT2D eigenvalue weighted by molar-refractivity contribution is 9.10. The molecule has 0 radical (unpaired) electrons. The molecule has 0 aromatic heterocycles. The van der Waals surface area contributed by atoms with Gasteiger partial charge in [0, 0.05) is 4.47 Å². The fraction of sp³-hybridized carbons (Fsp3) is 0.133. The van der Waals surface area contributed by atoms with Crippen molar-refractivity contribution in [2.45, 2.75) is 6.92 Å². The first-order valence-corrected chi connectivity index (χ1v) is 6.82. The van der Waals surface area contributed by atoms with Gasteiger partial charge in [0.05, 0.1) is 24.0 Å². The monoisotopic (exact) mass is 334 g/mol. The lowest BCUT2D eigenvalue weighted by molar-refractivity contribution is 0.102. The summed E-state index contributed by atoms with van der Waals surface area (Å²) >= 11 is 3.41. The third kappa shape index (κ3) is 2.93. The van der Waals surface area contributed by atoms with E-state index in [-0.39, 0.29) is 5.91 Å². The van der Waals surface area contributed by atoms with Crippen molar-refractivity contribution in [2.75, 3.05) is 18.2 Å². The van der Waals surface area contributed by atoms with Crippen LogP contribution in [0.2, 0.25) is 0 Å². The molecule has 3 N–H and O–H groups in total. The number of carbonyl (C=O) groups excluding carboxylic acids is 1. The minimum absolute atomic E-state index is 0.265. The fourth-order valence-electron chi connectivity index (χ4n) is 1.91. The summed E-state index contributed by atoms with van der Waals surface area (Å²) in [5, 5.41) is 2.81. The maximum atomic E-state index is 12.3. The smallest absolute Gasteiger partial charge is 0.259 e. The second-order valence-corrected chi connectivity index (χ2v) is 5.22. The second-order valence-electron chi connectivity index (χ2n) is 4.37. The molecule has 0 spiro atoms. The molecule has 0 atom stereocenters. The third-order valence-electron chi connectivity index (χ3n) is 2.86. The Morgan fingerprint density at radius 3 is 2.65 bits per heavy atom. The number of para-hydroxylation sites is 1. The highest BCUT2D eigenvalue weighted by Crippen LogP contribution is 2.31. The standard InChI is InChI=1S/C15H15BrN2O2/c1-9-7-11(16)14(12(17)8-9)18-15(19)10-5-3-4-6-13(10)20-2/h3-8H,17H2,1-2H3,(H,18,19). The van der Waals surface area contributed by atoms with Crippen LogP contribution in [0.25, 0.3) is 0 Å². The number of hydrogen-bond donors (Lipinski definition) is 2. The van der Waals surface area contributed by atoms with Crippen molar-refractivity contribution < 1.29 is 9.53 Å². The molecule has 2 rings (SSSR count). The summed E-state index contributed by atoms with van der Waals surface area (Å²) < 4.78 is 5.93. The summed E-state index contributed by atoms with van der Waals surface area (Å²) in [5.41, 5.74) is 8.50. The molecule has 0 heterocycles. The lowest BCUT2D eigenvalue weighted by atomic mass is 10.1. The van der Waals surface area contributed by atoms with Crippen LogP contribution in [0.15, 0.2) is 40.9 Å². The van der Waals surface area contributed by atoms with E-state index in [0.717, 1.165) is 10.0 Å². The molecular weight excluding hydrogens is 320 g/mol. The summed E-state index contributed by atoms with van der Waals surface area (Å²) in [7, 11) is 1.53. The third-order valence-corrected chi connectivity index (χ3v) is 3.48. The number of benzene rings is 2. The van der Waals surface area contributed by atoms with E-state index in [1.54, 1.807) is 18.2 Å². The van der Waals surface area contributed by atoms with Gasteiger partial charge in [0.1, 0.15) is 5.75 Å². The Morgan fingerprint density at radius 1 is 1.30 bits per heavy atom. The number of nitrogens with two attached hydrogens (primary N) is 1. The number of ether oxygens (including phenoxy) is 1. The number of anilines is 2. The van der Waals surface area contributed by atoms with Crippen LogP contribution >= 0.6 is 15.9 Å². The zero-order valence-corrected chi connectivity index (χ0v) is 12.8. The normalized spacial score (nSPS) is 10.2. The van der Waals surface area contributed by atoms with E-state index in [2.05, 4.69) is 21.2 Å². The molecule has 2 aromatic carbocycles. The quantitative estimate of drug-likeness (QED) is 0.843. The number of hydrogen-bond acceptors (Lipinski definition) is 3. The van der Waals surface area contributed by atoms with Crippen LogP contribution in [0.5, 0.6) is 5.75 Å². The number of carbonyl (C=O) groups is 1. The van der Waals surface area contributed by atoms with Crippen molar-refractivity contribution in [3.8, 4) is 5.75 Å². The summed E-state index contributed by atoms with van der Waals surface area (Å²) in [6, 6.07) is 10.7. The number of aryl methyl sites for hydroxylation is 1. The Kier molecular flexibility index (Phi) is 4.29. The number of rotatable bonds is 3. The molecule has 20 heavy (non-hydrogen) atoms. The molecule has 0 unspecified atom stereocenters. The minimum Gasteiger partial charge on any atom is -0.496 e. The van der Waals surface area contributed by atoms with Gasteiger partial charge >= 0.3 is 0 Å². The van der Waals surface area contributed by atoms with E-state index in [1.165, 1.54) is 7.11 Å². The van der Waals surface area contributed by atoms with Gasteiger partial charge in [0.2, 0.25) is 0 Å². The summed E-state index contributed by atoms with van der Waals surface area (Å²) in [5.74, 6) is 0.255. The maximum Gasteiger partial charge on any atom is 0.259 e. The van der Waals surface area contributed by atoms with Gasteiger partial charge in [-0.3, -0.25) is 4.79 Å². The van der Waals surface area contributed by atoms with E-state index in [9.17, 15) is 4.79 Å². The Labute approximate surface area is 126 Å². The Hall–Kier alpha value is -2.01. The van der Waals surface area contributed by atoms with Gasteiger partial charge in [0.15, 0.2) is 0 Å². The molecule has 0 saturated carbocycles. The second kappa shape index (κ2) is 5.96. The predicted octanol–water partition coefficient (Wildman–Crippen LogP) is 3.60. The molecular formula is C15H15BrN2O2. The highest BCUT2D eigenvalue weighted by atomic mass is 79.9. The number of amides is 1. The first kappa shape index (κ1) is 14.4. The van der Waals surface area contributed by atoms with Gasteiger partial charge in [-0.05, 0) is 52.7 Å². The van der Waals surface area contributed by atoms with Crippen LogP contribution in [0.1, 0.15) is 15.9 Å². The summed E-state index contributed by atoms with van der Waals surface area (Å²) in [6.07, 6.45) is 0. The van der Waals surface area contributed by atoms with Crippen molar-refractivity contribution in [2.24, 2.45) is 0 Å². The summed E-state index contributed by atoms with van der Waals surface area (Å²) in [4.78, 5) is 12.3. The zero-order chi connectivity index (χ0) is 14.7. The van der Waals surface area contributed by atoms with Crippen LogP contribution in [0.3, 0.4) is 0 Å². The molecule has 0 fully saturated rings. The van der Waals surface area contributed by atoms with Crippen molar-refractivity contribution >= 4 is 33.2 Å². The van der Waals surface area contributed by atoms with Crippen molar-refractivity contribution in [3.63, 3.8) is 0 Å². The van der Waals surface area contributed by atoms with Crippen molar-refractivity contribution in [3.05, 3.63) is 52.0 Å². The molecule has 104 valence electrons. The van der Waals surface area contributed by atoms with Gasteiger partial charge in [-0.15, -0.1) is 0 Å². The van der Waals surface area contributed by atoms with Crippen LogP contribution in [-0.4, -0.2) is 13.0 Å². The molecule has 4 nitrogen and oxygen atoms in total. The molecule has 2 aromatic rings. The SMILES string of the molecule is COc1ccccc1C(=O)Nc1c(N)cc(C)cc1Br. The van der Waals surface area contributed by atoms with Crippen molar-refractivity contribution in [1.82, 2.24) is 0 Å². The van der Waals surface area contributed by atoms with Gasteiger partial charge in [-0.25, -0.2) is 0 Å². The number of nitrogen functional groups attached to an aromatic ring is 1. The Bertz CT molecular complexity index is 633. The number of nitrogens with one attached hydrogen (secondary N) is 1. The number of halogens is 1. The van der Waals surface area contributed by atoms with Gasteiger partial charge in [-0.1, -0.05) is 12.1 Å². The topological polar surface area (TPSA) is 64.3 Å². The highest BCUT2D eigenvalue weighted by Gasteiger charge is 2.14. The molecule has 0 aliphatic carbocycles.